The Morgan fingerprint density at radius 1 is 1.17 bits per heavy atom. The van der Waals surface area contributed by atoms with Crippen LogP contribution >= 0.6 is 22.7 Å². The fourth-order valence-electron chi connectivity index (χ4n) is 2.40. The molecule has 1 amide bonds. The van der Waals surface area contributed by atoms with Gasteiger partial charge in [-0.1, -0.05) is 17.3 Å². The molecule has 0 aliphatic rings. The molecule has 0 bridgehead atoms. The van der Waals surface area contributed by atoms with Gasteiger partial charge in [0.05, 0.1) is 13.1 Å². The van der Waals surface area contributed by atoms with E-state index in [9.17, 15) is 4.79 Å². The van der Waals surface area contributed by atoms with Gasteiger partial charge in [-0.05, 0) is 36.2 Å². The number of carbonyl (C=O) groups excluding carboxylic acids is 1. The van der Waals surface area contributed by atoms with E-state index in [1.54, 1.807) is 29.6 Å². The zero-order valence-corrected chi connectivity index (χ0v) is 15.1. The summed E-state index contributed by atoms with van der Waals surface area (Å²) < 4.78 is 5.09. The monoisotopic (exact) mass is 361 g/mol. The highest BCUT2D eigenvalue weighted by atomic mass is 32.1. The van der Waals surface area contributed by atoms with Crippen molar-refractivity contribution in [2.24, 2.45) is 0 Å². The quantitative estimate of drug-likeness (QED) is 0.607. The van der Waals surface area contributed by atoms with E-state index in [1.807, 2.05) is 27.8 Å². The van der Waals surface area contributed by atoms with Crippen LogP contribution in [-0.4, -0.2) is 20.9 Å². The molecular weight excluding hydrogens is 342 g/mol. The normalized spacial score (nSPS) is 10.9. The summed E-state index contributed by atoms with van der Waals surface area (Å²) in [6.07, 6.45) is 1.84. The minimum absolute atomic E-state index is 0.160. The Kier molecular flexibility index (Phi) is 5.77. The second-order valence-corrected chi connectivity index (χ2v) is 7.56. The lowest BCUT2D eigenvalue weighted by molar-refractivity contribution is -0.132. The van der Waals surface area contributed by atoms with Crippen LogP contribution in [0.3, 0.4) is 0 Å². The third-order valence-electron chi connectivity index (χ3n) is 3.56. The lowest BCUT2D eigenvalue weighted by Crippen LogP contribution is -2.29. The summed E-state index contributed by atoms with van der Waals surface area (Å²) in [5.74, 6) is 1.39. The number of hydrogen-bond acceptors (Lipinski definition) is 6. The third-order valence-corrected chi connectivity index (χ3v) is 5.28. The van der Waals surface area contributed by atoms with Crippen molar-refractivity contribution in [2.45, 2.75) is 39.3 Å². The number of nitrogens with zero attached hydrogens (tertiary/aromatic N) is 3. The van der Waals surface area contributed by atoms with Gasteiger partial charge in [-0.3, -0.25) is 4.79 Å². The molecule has 3 heterocycles. The van der Waals surface area contributed by atoms with E-state index >= 15 is 0 Å². The van der Waals surface area contributed by atoms with Gasteiger partial charge >= 0.3 is 0 Å². The van der Waals surface area contributed by atoms with E-state index in [0.29, 0.717) is 44.1 Å². The van der Waals surface area contributed by atoms with Gasteiger partial charge in [0.2, 0.25) is 11.8 Å². The summed E-state index contributed by atoms with van der Waals surface area (Å²) in [5, 5.41) is 7.86. The van der Waals surface area contributed by atoms with Gasteiger partial charge in [-0.25, -0.2) is 0 Å². The molecule has 0 fully saturated rings. The van der Waals surface area contributed by atoms with Gasteiger partial charge in [0.15, 0.2) is 5.82 Å². The lowest BCUT2D eigenvalue weighted by Gasteiger charge is -2.21. The Balaban J connectivity index is 1.57. The number of rotatable bonds is 8. The molecule has 0 aromatic carbocycles. The Morgan fingerprint density at radius 2 is 1.83 bits per heavy atom. The smallest absolute Gasteiger partial charge is 0.226 e. The van der Waals surface area contributed by atoms with Crippen molar-refractivity contribution in [1.82, 2.24) is 15.0 Å². The Hall–Kier alpha value is -1.99. The van der Waals surface area contributed by atoms with Crippen LogP contribution < -0.4 is 0 Å². The molecule has 0 aliphatic heterocycles. The van der Waals surface area contributed by atoms with Crippen LogP contribution in [0.5, 0.6) is 0 Å². The second kappa shape index (κ2) is 8.21. The Bertz CT molecular complexity index is 715. The van der Waals surface area contributed by atoms with Crippen molar-refractivity contribution in [3.63, 3.8) is 0 Å². The maximum atomic E-state index is 12.7. The van der Waals surface area contributed by atoms with Crippen molar-refractivity contribution in [2.75, 3.05) is 0 Å². The van der Waals surface area contributed by atoms with Crippen molar-refractivity contribution in [1.29, 1.82) is 0 Å². The first-order valence-electron chi connectivity index (χ1n) is 7.82. The van der Waals surface area contributed by atoms with Crippen LogP contribution in [0.15, 0.2) is 39.5 Å². The van der Waals surface area contributed by atoms with Crippen LogP contribution in [0, 0.1) is 6.92 Å². The molecule has 3 aromatic heterocycles. The maximum Gasteiger partial charge on any atom is 0.226 e. The van der Waals surface area contributed by atoms with Crippen LogP contribution in [0.25, 0.3) is 0 Å². The maximum absolute atomic E-state index is 12.7. The van der Waals surface area contributed by atoms with Gasteiger partial charge in [-0.15, -0.1) is 22.7 Å². The van der Waals surface area contributed by atoms with Gasteiger partial charge in [-0.2, -0.15) is 4.98 Å². The number of carbonyl (C=O) groups is 1. The molecule has 0 saturated heterocycles. The SMILES string of the molecule is Cc1noc(CCCC(=O)N(Cc2cccs2)Cc2cccs2)n1. The molecule has 3 rings (SSSR count). The summed E-state index contributed by atoms with van der Waals surface area (Å²) in [5.41, 5.74) is 0. The number of aromatic nitrogens is 2. The van der Waals surface area contributed by atoms with E-state index in [0.717, 1.165) is 0 Å². The second-order valence-electron chi connectivity index (χ2n) is 5.50. The molecular formula is C17H19N3O2S2. The molecule has 3 aromatic rings. The Labute approximate surface area is 148 Å². The minimum atomic E-state index is 0.160. The number of amides is 1. The molecule has 0 spiro atoms. The Morgan fingerprint density at radius 3 is 2.33 bits per heavy atom. The highest BCUT2D eigenvalue weighted by Crippen LogP contribution is 2.18. The highest BCUT2D eigenvalue weighted by molar-refractivity contribution is 7.10. The lowest BCUT2D eigenvalue weighted by atomic mass is 10.2. The molecule has 7 heteroatoms. The fourth-order valence-corrected chi connectivity index (χ4v) is 3.84. The third kappa shape index (κ3) is 4.75. The molecule has 0 aliphatic carbocycles. The first-order valence-corrected chi connectivity index (χ1v) is 9.58. The van der Waals surface area contributed by atoms with Crippen molar-refractivity contribution in [3.8, 4) is 0 Å². The zero-order valence-electron chi connectivity index (χ0n) is 13.5. The van der Waals surface area contributed by atoms with E-state index in [-0.39, 0.29) is 5.91 Å². The summed E-state index contributed by atoms with van der Waals surface area (Å²) in [7, 11) is 0. The summed E-state index contributed by atoms with van der Waals surface area (Å²) >= 11 is 3.36. The van der Waals surface area contributed by atoms with E-state index in [4.69, 9.17) is 4.52 Å². The van der Waals surface area contributed by atoms with E-state index in [2.05, 4.69) is 22.3 Å². The molecule has 24 heavy (non-hydrogen) atoms. The van der Waals surface area contributed by atoms with Gasteiger partial charge in [0.25, 0.3) is 0 Å². The zero-order chi connectivity index (χ0) is 16.8. The van der Waals surface area contributed by atoms with Crippen LogP contribution in [-0.2, 0) is 24.3 Å². The minimum Gasteiger partial charge on any atom is -0.339 e. The molecule has 0 saturated carbocycles. The first-order chi connectivity index (χ1) is 11.7. The summed E-state index contributed by atoms with van der Waals surface area (Å²) in [4.78, 5) is 21.2. The molecule has 0 unspecified atom stereocenters. The summed E-state index contributed by atoms with van der Waals surface area (Å²) in [6.45, 7) is 3.12. The van der Waals surface area contributed by atoms with Crippen molar-refractivity contribution >= 4 is 28.6 Å². The fraction of sp³-hybridized carbons (Fsp3) is 0.353. The van der Waals surface area contributed by atoms with Crippen LogP contribution in [0.2, 0.25) is 0 Å². The molecule has 0 atom stereocenters. The predicted octanol–water partition coefficient (Wildman–Crippen LogP) is 4.05. The topological polar surface area (TPSA) is 59.2 Å². The average Bonchev–Trinajstić information content (AvgIpc) is 3.30. The largest absolute Gasteiger partial charge is 0.339 e. The van der Waals surface area contributed by atoms with Crippen molar-refractivity contribution in [3.05, 3.63) is 56.5 Å². The molecule has 0 N–H and O–H groups in total. The van der Waals surface area contributed by atoms with Gasteiger partial charge in [0, 0.05) is 22.6 Å². The number of thiophene rings is 2. The van der Waals surface area contributed by atoms with Crippen LogP contribution in [0.1, 0.15) is 34.3 Å². The van der Waals surface area contributed by atoms with E-state index in [1.165, 1.54) is 9.75 Å². The van der Waals surface area contributed by atoms with Crippen LogP contribution in [0.4, 0.5) is 0 Å². The van der Waals surface area contributed by atoms with Crippen molar-refractivity contribution < 1.29 is 9.32 Å². The standard InChI is InChI=1S/C17H19N3O2S2/c1-13-18-16(22-19-13)7-2-8-17(21)20(11-14-5-3-9-23-14)12-15-6-4-10-24-15/h3-6,9-10H,2,7-8,11-12H2,1H3. The first kappa shape index (κ1) is 16.9. The highest BCUT2D eigenvalue weighted by Gasteiger charge is 2.16. The predicted molar refractivity (Wildman–Crippen MR) is 94.9 cm³/mol. The number of hydrogen-bond donors (Lipinski definition) is 0. The van der Waals surface area contributed by atoms with E-state index < -0.39 is 0 Å². The molecule has 0 radical (unpaired) electrons. The van der Waals surface area contributed by atoms with Gasteiger partial charge in [0.1, 0.15) is 0 Å². The summed E-state index contributed by atoms with van der Waals surface area (Å²) in [6, 6.07) is 8.18. The van der Waals surface area contributed by atoms with Gasteiger partial charge < -0.3 is 9.42 Å². The average molecular weight is 361 g/mol. The molecule has 5 nitrogen and oxygen atoms in total. The molecule has 126 valence electrons. The number of aryl methyl sites for hydroxylation is 2.